The van der Waals surface area contributed by atoms with Gasteiger partial charge in [0.15, 0.2) is 0 Å². The number of aromatic nitrogens is 1. The summed E-state index contributed by atoms with van der Waals surface area (Å²) in [6.07, 6.45) is 0.0734. The molecule has 0 spiro atoms. The zero-order valence-electron chi connectivity index (χ0n) is 20.4. The third kappa shape index (κ3) is 4.94. The first-order chi connectivity index (χ1) is 18.0. The van der Waals surface area contributed by atoms with Gasteiger partial charge in [0, 0.05) is 16.8 Å². The first-order valence-electron chi connectivity index (χ1n) is 12.0. The molecule has 1 aromatic carbocycles. The van der Waals surface area contributed by atoms with Crippen molar-refractivity contribution < 1.29 is 23.9 Å². The van der Waals surface area contributed by atoms with E-state index < -0.39 is 12.1 Å². The standard InChI is InChI=1S/C27H25N3O5S2/c1-3-34-26(32)23-17-11-12-30(27(33)35-4-2)15-22(17)37-25(23)29-24(31)18-14-20(21-10-7-13-36-21)28-19-9-6-5-8-16(18)19/h5-10,13-14H,3-4,11-12,15H2,1-2H3,(H,29,31). The average molecular weight is 536 g/mol. The lowest BCUT2D eigenvalue weighted by atomic mass is 10.0. The Labute approximate surface area is 221 Å². The molecule has 1 aliphatic heterocycles. The third-order valence-corrected chi connectivity index (χ3v) is 8.05. The zero-order chi connectivity index (χ0) is 25.9. The SMILES string of the molecule is CCOC(=O)c1c(NC(=O)c2cc(-c3cccs3)nc3ccccc23)sc2c1CCN(C(=O)OCC)C2. The lowest BCUT2D eigenvalue weighted by Gasteiger charge is -2.26. The number of esters is 1. The summed E-state index contributed by atoms with van der Waals surface area (Å²) in [4.78, 5) is 47.1. The van der Waals surface area contributed by atoms with Crippen LogP contribution in [0.2, 0.25) is 0 Å². The maximum absolute atomic E-state index is 13.7. The largest absolute Gasteiger partial charge is 0.462 e. The van der Waals surface area contributed by atoms with Crippen LogP contribution in [0.5, 0.6) is 0 Å². The lowest BCUT2D eigenvalue weighted by molar-refractivity contribution is 0.0526. The third-order valence-electron chi connectivity index (χ3n) is 6.02. The number of rotatable bonds is 6. The average Bonchev–Trinajstić information content (AvgIpc) is 3.56. The van der Waals surface area contributed by atoms with E-state index in [9.17, 15) is 14.4 Å². The molecule has 0 radical (unpaired) electrons. The quantitative estimate of drug-likeness (QED) is 0.306. The fourth-order valence-corrected chi connectivity index (χ4v) is 6.30. The van der Waals surface area contributed by atoms with Crippen molar-refractivity contribution >= 4 is 56.5 Å². The molecule has 5 rings (SSSR count). The smallest absolute Gasteiger partial charge is 0.410 e. The van der Waals surface area contributed by atoms with Crippen LogP contribution in [0.3, 0.4) is 0 Å². The van der Waals surface area contributed by atoms with Gasteiger partial charge in [0.2, 0.25) is 0 Å². The van der Waals surface area contributed by atoms with Crippen molar-refractivity contribution in [2.24, 2.45) is 0 Å². The number of thiophene rings is 2. The summed E-state index contributed by atoms with van der Waals surface area (Å²) in [6, 6.07) is 13.2. The molecular formula is C27H25N3O5S2. The highest BCUT2D eigenvalue weighted by molar-refractivity contribution is 7.17. The van der Waals surface area contributed by atoms with E-state index in [-0.39, 0.29) is 19.1 Å². The maximum Gasteiger partial charge on any atom is 0.410 e. The minimum absolute atomic E-state index is 0.213. The molecule has 4 heterocycles. The highest BCUT2D eigenvalue weighted by Gasteiger charge is 2.32. The summed E-state index contributed by atoms with van der Waals surface area (Å²) in [6.45, 7) is 4.73. The summed E-state index contributed by atoms with van der Waals surface area (Å²) < 4.78 is 10.5. The highest BCUT2D eigenvalue weighted by Crippen LogP contribution is 2.38. The predicted octanol–water partition coefficient (Wildman–Crippen LogP) is 5.97. The Balaban J connectivity index is 1.53. The minimum atomic E-state index is -0.487. The Bertz CT molecular complexity index is 1480. The van der Waals surface area contributed by atoms with Crippen molar-refractivity contribution in [3.05, 3.63) is 69.4 Å². The monoisotopic (exact) mass is 535 g/mol. The molecule has 2 amide bonds. The molecule has 1 aliphatic rings. The molecule has 37 heavy (non-hydrogen) atoms. The van der Waals surface area contributed by atoms with E-state index in [0.717, 1.165) is 15.3 Å². The van der Waals surface area contributed by atoms with Gasteiger partial charge in [-0.15, -0.1) is 22.7 Å². The Kier molecular flexibility index (Phi) is 7.20. The molecule has 0 saturated heterocycles. The number of pyridine rings is 1. The summed E-state index contributed by atoms with van der Waals surface area (Å²) in [7, 11) is 0. The number of nitrogens with zero attached hydrogens (tertiary/aromatic N) is 2. The van der Waals surface area contributed by atoms with E-state index >= 15 is 0 Å². The maximum atomic E-state index is 13.7. The number of benzene rings is 1. The van der Waals surface area contributed by atoms with Crippen LogP contribution in [0.1, 0.15) is 45.0 Å². The van der Waals surface area contributed by atoms with Crippen LogP contribution in [-0.4, -0.2) is 47.6 Å². The fourth-order valence-electron chi connectivity index (χ4n) is 4.37. The highest BCUT2D eigenvalue weighted by atomic mass is 32.1. The second kappa shape index (κ2) is 10.7. The number of nitrogens with one attached hydrogen (secondary N) is 1. The van der Waals surface area contributed by atoms with Crippen LogP contribution in [0, 0.1) is 0 Å². The number of ether oxygens (including phenoxy) is 2. The zero-order valence-corrected chi connectivity index (χ0v) is 22.0. The summed E-state index contributed by atoms with van der Waals surface area (Å²) in [5.41, 5.74) is 3.04. The van der Waals surface area contributed by atoms with E-state index in [1.54, 1.807) is 36.2 Å². The molecule has 0 bridgehead atoms. The van der Waals surface area contributed by atoms with Gasteiger partial charge >= 0.3 is 12.1 Å². The molecule has 0 unspecified atom stereocenters. The molecule has 10 heteroatoms. The number of carbonyl (C=O) groups is 3. The second-order valence-electron chi connectivity index (χ2n) is 8.30. The topological polar surface area (TPSA) is 97.8 Å². The molecule has 8 nitrogen and oxygen atoms in total. The van der Waals surface area contributed by atoms with Crippen LogP contribution in [0.4, 0.5) is 9.80 Å². The molecule has 0 aliphatic carbocycles. The molecule has 0 atom stereocenters. The number of anilines is 1. The van der Waals surface area contributed by atoms with E-state index in [4.69, 9.17) is 14.5 Å². The van der Waals surface area contributed by atoms with Crippen LogP contribution in [0.15, 0.2) is 47.8 Å². The van der Waals surface area contributed by atoms with E-state index in [1.807, 2.05) is 41.8 Å². The van der Waals surface area contributed by atoms with Crippen molar-refractivity contribution in [3.8, 4) is 10.6 Å². The van der Waals surface area contributed by atoms with Crippen LogP contribution < -0.4 is 5.32 Å². The van der Waals surface area contributed by atoms with Gasteiger partial charge in [-0.2, -0.15) is 0 Å². The van der Waals surface area contributed by atoms with Crippen LogP contribution in [0.25, 0.3) is 21.5 Å². The molecule has 0 fully saturated rings. The van der Waals surface area contributed by atoms with Crippen LogP contribution in [-0.2, 0) is 22.4 Å². The first-order valence-corrected chi connectivity index (χ1v) is 13.7. The Morgan fingerprint density at radius 3 is 2.65 bits per heavy atom. The second-order valence-corrected chi connectivity index (χ2v) is 10.4. The van der Waals surface area contributed by atoms with Gasteiger partial charge in [0.1, 0.15) is 5.00 Å². The molecule has 1 N–H and O–H groups in total. The summed E-state index contributed by atoms with van der Waals surface area (Å²) in [5.74, 6) is -0.832. The Morgan fingerprint density at radius 1 is 1.08 bits per heavy atom. The number of amides is 2. The minimum Gasteiger partial charge on any atom is -0.462 e. The molecule has 4 aromatic rings. The number of fused-ring (bicyclic) bond motifs is 2. The first kappa shape index (κ1) is 24.9. The van der Waals surface area contributed by atoms with Gasteiger partial charge in [-0.05, 0) is 49.4 Å². The molecule has 0 saturated carbocycles. The van der Waals surface area contributed by atoms with Crippen molar-refractivity contribution in [3.63, 3.8) is 0 Å². The van der Waals surface area contributed by atoms with Crippen LogP contribution >= 0.6 is 22.7 Å². The summed E-state index contributed by atoms with van der Waals surface area (Å²) in [5, 5.41) is 6.07. The van der Waals surface area contributed by atoms with Gasteiger partial charge in [-0.3, -0.25) is 4.79 Å². The van der Waals surface area contributed by atoms with Gasteiger partial charge in [-0.1, -0.05) is 24.3 Å². The predicted molar refractivity (Wildman–Crippen MR) is 144 cm³/mol. The molecular weight excluding hydrogens is 510 g/mol. The van der Waals surface area contributed by atoms with Crippen molar-refractivity contribution in [1.29, 1.82) is 0 Å². The van der Waals surface area contributed by atoms with Crippen molar-refractivity contribution in [2.75, 3.05) is 25.1 Å². The molecule has 3 aromatic heterocycles. The number of carbonyl (C=O) groups excluding carboxylic acids is 3. The van der Waals surface area contributed by atoms with E-state index in [0.29, 0.717) is 52.2 Å². The van der Waals surface area contributed by atoms with Crippen molar-refractivity contribution in [2.45, 2.75) is 26.8 Å². The summed E-state index contributed by atoms with van der Waals surface area (Å²) >= 11 is 2.84. The van der Waals surface area contributed by atoms with Gasteiger partial charge in [0.05, 0.1) is 47.0 Å². The normalized spacial score (nSPS) is 12.8. The lowest BCUT2D eigenvalue weighted by Crippen LogP contribution is -2.36. The van der Waals surface area contributed by atoms with Gasteiger partial charge in [0.25, 0.3) is 5.91 Å². The van der Waals surface area contributed by atoms with Gasteiger partial charge < -0.3 is 19.7 Å². The number of hydrogen-bond donors (Lipinski definition) is 1. The molecule has 190 valence electrons. The van der Waals surface area contributed by atoms with Crippen molar-refractivity contribution in [1.82, 2.24) is 9.88 Å². The Hall–Kier alpha value is -3.76. The van der Waals surface area contributed by atoms with E-state index in [2.05, 4.69) is 5.32 Å². The van der Waals surface area contributed by atoms with E-state index in [1.165, 1.54) is 11.3 Å². The number of hydrogen-bond acceptors (Lipinski definition) is 8. The van der Waals surface area contributed by atoms with Gasteiger partial charge in [-0.25, -0.2) is 14.6 Å². The number of para-hydroxylation sites is 1. The fraction of sp³-hybridized carbons (Fsp3) is 0.259. The Morgan fingerprint density at radius 2 is 1.89 bits per heavy atom.